The highest BCUT2D eigenvalue weighted by molar-refractivity contribution is 7.89. The molecule has 0 saturated carbocycles. The number of rotatable bonds is 7. The van der Waals surface area contributed by atoms with E-state index in [0.717, 1.165) is 5.56 Å². The first-order valence-corrected chi connectivity index (χ1v) is 10.1. The minimum absolute atomic E-state index is 0.0747. The van der Waals surface area contributed by atoms with Crippen molar-refractivity contribution < 1.29 is 8.94 Å². The summed E-state index contributed by atoms with van der Waals surface area (Å²) in [5, 5.41) is 6.36. The molecule has 2 atom stereocenters. The number of halogens is 1. The Labute approximate surface area is 167 Å². The van der Waals surface area contributed by atoms with Gasteiger partial charge in [0.25, 0.3) is 0 Å². The molecule has 0 fully saturated rings. The second kappa shape index (κ2) is 9.09. The van der Waals surface area contributed by atoms with Crippen molar-refractivity contribution in [1.29, 1.82) is 0 Å². The fourth-order valence-corrected chi connectivity index (χ4v) is 3.81. The summed E-state index contributed by atoms with van der Waals surface area (Å²) in [6.07, 6.45) is 1.97. The van der Waals surface area contributed by atoms with Gasteiger partial charge in [-0.25, -0.2) is 4.39 Å². The van der Waals surface area contributed by atoms with Crippen LogP contribution in [0.4, 0.5) is 4.39 Å². The standard InChI is InChI=1S/C20H24FN5OS/c1-13-5-3-8-17(14(13)2)18-12-19(26-20(22)25-18)23-9-10-24-28(27)16-7-4-6-15(21)11-16/h3-8,11-12,18,23-24H,9-10H2,1-2H3,(H3,22,25,26)/t18?,28-/m0/s1. The van der Waals surface area contributed by atoms with E-state index in [4.69, 9.17) is 5.73 Å². The monoisotopic (exact) mass is 401 g/mol. The summed E-state index contributed by atoms with van der Waals surface area (Å²) >= 11 is -1.47. The number of nitrogens with one attached hydrogen (secondary N) is 3. The van der Waals surface area contributed by atoms with Gasteiger partial charge >= 0.3 is 0 Å². The zero-order chi connectivity index (χ0) is 20.1. The summed E-state index contributed by atoms with van der Waals surface area (Å²) in [5.41, 5.74) is 9.50. The zero-order valence-corrected chi connectivity index (χ0v) is 16.6. The van der Waals surface area contributed by atoms with Gasteiger partial charge in [0.1, 0.15) is 11.6 Å². The van der Waals surface area contributed by atoms with Crippen LogP contribution in [0.25, 0.3) is 0 Å². The number of hydrogen-bond acceptors (Lipinski definition) is 6. The Morgan fingerprint density at radius 2 is 2.00 bits per heavy atom. The number of hydrogen-bond donors (Lipinski definition) is 4. The Bertz CT molecular complexity index is 902. The molecule has 1 aliphatic rings. The molecule has 1 unspecified atom stereocenters. The maximum Gasteiger partial charge on any atom is 0.195 e. The molecule has 3 rings (SSSR count). The molecule has 28 heavy (non-hydrogen) atoms. The minimum atomic E-state index is -1.47. The molecule has 2 aromatic rings. The van der Waals surface area contributed by atoms with Crippen LogP contribution in [-0.4, -0.2) is 23.6 Å². The third kappa shape index (κ3) is 5.03. The average Bonchev–Trinajstić information content (AvgIpc) is 2.67. The molecule has 0 aliphatic carbocycles. The Morgan fingerprint density at radius 3 is 2.79 bits per heavy atom. The van der Waals surface area contributed by atoms with E-state index in [-0.39, 0.29) is 6.04 Å². The maximum atomic E-state index is 13.2. The quantitative estimate of drug-likeness (QED) is 0.421. The predicted molar refractivity (Wildman–Crippen MR) is 110 cm³/mol. The molecule has 1 heterocycles. The number of nitrogens with two attached hydrogens (primary N) is 1. The number of guanidine groups is 1. The number of benzene rings is 2. The summed E-state index contributed by atoms with van der Waals surface area (Å²) in [7, 11) is 0. The van der Waals surface area contributed by atoms with Crippen molar-refractivity contribution in [3.05, 3.63) is 76.9 Å². The van der Waals surface area contributed by atoms with E-state index in [1.807, 2.05) is 12.1 Å². The largest absolute Gasteiger partial charge is 0.593 e. The SMILES string of the molecule is Cc1cccc(C2C=C(NCCN[S@@+]([O-])c3cccc(F)c3)N=C(N)N2)c1C. The molecule has 0 spiro atoms. The van der Waals surface area contributed by atoms with Crippen LogP contribution in [0, 0.1) is 19.7 Å². The smallest absolute Gasteiger partial charge is 0.195 e. The molecular weight excluding hydrogens is 377 g/mol. The van der Waals surface area contributed by atoms with Crippen LogP contribution < -0.4 is 21.1 Å². The van der Waals surface area contributed by atoms with Crippen molar-refractivity contribution >= 4 is 17.3 Å². The Kier molecular flexibility index (Phi) is 6.56. The first-order valence-electron chi connectivity index (χ1n) is 8.97. The Morgan fingerprint density at radius 1 is 1.21 bits per heavy atom. The fourth-order valence-electron chi connectivity index (χ4n) is 2.93. The lowest BCUT2D eigenvalue weighted by Gasteiger charge is -2.24. The highest BCUT2D eigenvalue weighted by atomic mass is 32.2. The predicted octanol–water partition coefficient (Wildman–Crippen LogP) is 2.14. The minimum Gasteiger partial charge on any atom is -0.593 e. The van der Waals surface area contributed by atoms with Crippen molar-refractivity contribution in [3.8, 4) is 0 Å². The molecule has 6 nitrogen and oxygen atoms in total. The summed E-state index contributed by atoms with van der Waals surface area (Å²) in [6.45, 7) is 5.06. The van der Waals surface area contributed by atoms with E-state index in [1.54, 1.807) is 6.07 Å². The van der Waals surface area contributed by atoms with Gasteiger partial charge in [0.05, 0.1) is 23.9 Å². The average molecular weight is 402 g/mol. The molecule has 0 bridgehead atoms. The van der Waals surface area contributed by atoms with E-state index in [9.17, 15) is 8.94 Å². The second-order valence-corrected chi connectivity index (χ2v) is 7.80. The molecule has 2 aromatic carbocycles. The Hall–Kier alpha value is -2.55. The molecule has 0 radical (unpaired) electrons. The second-order valence-electron chi connectivity index (χ2n) is 6.51. The third-order valence-electron chi connectivity index (χ3n) is 4.52. The van der Waals surface area contributed by atoms with Crippen LogP contribution in [0.5, 0.6) is 0 Å². The van der Waals surface area contributed by atoms with E-state index >= 15 is 0 Å². The zero-order valence-electron chi connectivity index (χ0n) is 15.8. The van der Waals surface area contributed by atoms with E-state index in [1.165, 1.54) is 29.3 Å². The maximum absolute atomic E-state index is 13.2. The lowest BCUT2D eigenvalue weighted by Crippen LogP contribution is -2.39. The fraction of sp³-hybridized carbons (Fsp3) is 0.250. The molecule has 0 aromatic heterocycles. The van der Waals surface area contributed by atoms with Crippen LogP contribution >= 0.6 is 0 Å². The summed E-state index contributed by atoms with van der Waals surface area (Å²) in [6, 6.07) is 11.8. The van der Waals surface area contributed by atoms with Crippen molar-refractivity contribution in [2.24, 2.45) is 10.7 Å². The van der Waals surface area contributed by atoms with Gasteiger partial charge in [-0.3, -0.25) is 0 Å². The molecule has 148 valence electrons. The molecule has 8 heteroatoms. The summed E-state index contributed by atoms with van der Waals surface area (Å²) in [4.78, 5) is 4.68. The summed E-state index contributed by atoms with van der Waals surface area (Å²) in [5.74, 6) is 0.584. The molecule has 0 saturated heterocycles. The summed E-state index contributed by atoms with van der Waals surface area (Å²) < 4.78 is 28.2. The number of aliphatic imine (C=N–C) groups is 1. The first kappa shape index (κ1) is 20.2. The first-order chi connectivity index (χ1) is 13.4. The van der Waals surface area contributed by atoms with Crippen molar-refractivity contribution in [2.75, 3.05) is 13.1 Å². The van der Waals surface area contributed by atoms with E-state index in [0.29, 0.717) is 29.8 Å². The lowest BCUT2D eigenvalue weighted by atomic mass is 9.97. The van der Waals surface area contributed by atoms with Crippen LogP contribution in [0.15, 0.2) is 64.2 Å². The number of aryl methyl sites for hydroxylation is 1. The molecule has 0 amide bonds. The molecule has 1 aliphatic heterocycles. The number of nitrogens with zero attached hydrogens (tertiary/aromatic N) is 1. The van der Waals surface area contributed by atoms with Crippen LogP contribution in [0.3, 0.4) is 0 Å². The highest BCUT2D eigenvalue weighted by Crippen LogP contribution is 2.24. The van der Waals surface area contributed by atoms with E-state index < -0.39 is 17.2 Å². The molecular formula is C20H24FN5OS. The third-order valence-corrected chi connectivity index (χ3v) is 5.67. The van der Waals surface area contributed by atoms with Crippen LogP contribution in [-0.2, 0) is 11.4 Å². The van der Waals surface area contributed by atoms with Gasteiger partial charge in [0.2, 0.25) is 0 Å². The van der Waals surface area contributed by atoms with Gasteiger partial charge in [-0.05, 0) is 48.7 Å². The van der Waals surface area contributed by atoms with Crippen LogP contribution in [0.1, 0.15) is 22.7 Å². The lowest BCUT2D eigenvalue weighted by molar-refractivity contribution is 0.574. The Balaban J connectivity index is 1.57. The van der Waals surface area contributed by atoms with Crippen LogP contribution in [0.2, 0.25) is 0 Å². The van der Waals surface area contributed by atoms with Gasteiger partial charge < -0.3 is 20.9 Å². The van der Waals surface area contributed by atoms with Gasteiger partial charge in [0.15, 0.2) is 10.9 Å². The molecule has 5 N–H and O–H groups in total. The normalized spacial score (nSPS) is 17.4. The van der Waals surface area contributed by atoms with Crippen molar-refractivity contribution in [3.63, 3.8) is 0 Å². The highest BCUT2D eigenvalue weighted by Gasteiger charge is 2.18. The van der Waals surface area contributed by atoms with E-state index in [2.05, 4.69) is 46.3 Å². The van der Waals surface area contributed by atoms with Crippen molar-refractivity contribution in [1.82, 2.24) is 15.4 Å². The topological polar surface area (TPSA) is 97.5 Å². The van der Waals surface area contributed by atoms with Crippen molar-refractivity contribution in [2.45, 2.75) is 24.8 Å². The van der Waals surface area contributed by atoms with Gasteiger partial charge in [-0.1, -0.05) is 24.3 Å². The van der Waals surface area contributed by atoms with Gasteiger partial charge in [-0.2, -0.15) is 4.99 Å². The van der Waals surface area contributed by atoms with Gasteiger partial charge in [0, 0.05) is 12.6 Å². The van der Waals surface area contributed by atoms with Gasteiger partial charge in [-0.15, -0.1) is 4.72 Å².